The van der Waals surface area contributed by atoms with Crippen molar-refractivity contribution in [3.8, 4) is 5.75 Å². The summed E-state index contributed by atoms with van der Waals surface area (Å²) in [4.78, 5) is 7.18. The molecule has 0 aliphatic carbocycles. The molecule has 0 spiro atoms. The highest BCUT2D eigenvalue weighted by atomic mass is 127. The summed E-state index contributed by atoms with van der Waals surface area (Å²) in [6.07, 6.45) is 2.71. The molecule has 1 saturated heterocycles. The van der Waals surface area contributed by atoms with Crippen LogP contribution in [0.5, 0.6) is 5.75 Å². The van der Waals surface area contributed by atoms with Crippen molar-refractivity contribution < 1.29 is 4.74 Å². The van der Waals surface area contributed by atoms with Crippen molar-refractivity contribution in [2.75, 3.05) is 26.7 Å². The number of benzene rings is 1. The Morgan fingerprint density at radius 3 is 2.73 bits per heavy atom. The van der Waals surface area contributed by atoms with Crippen LogP contribution in [-0.4, -0.2) is 49.7 Å². The molecule has 1 heterocycles. The van der Waals surface area contributed by atoms with Crippen molar-refractivity contribution >= 4 is 29.9 Å². The molecule has 0 bridgehead atoms. The van der Waals surface area contributed by atoms with Crippen LogP contribution in [0.4, 0.5) is 0 Å². The van der Waals surface area contributed by atoms with E-state index in [2.05, 4.69) is 68.5 Å². The van der Waals surface area contributed by atoms with Gasteiger partial charge in [0.15, 0.2) is 5.96 Å². The van der Waals surface area contributed by atoms with Crippen molar-refractivity contribution in [1.82, 2.24) is 15.5 Å². The maximum Gasteiger partial charge on any atom is 0.191 e. The fraction of sp³-hybridized carbons (Fsp3) is 0.650. The molecule has 0 radical (unpaired) electrons. The Bertz CT molecular complexity index is 577. The smallest absolute Gasteiger partial charge is 0.191 e. The van der Waals surface area contributed by atoms with Gasteiger partial charge in [0, 0.05) is 24.7 Å². The second-order valence-corrected chi connectivity index (χ2v) is 7.13. The van der Waals surface area contributed by atoms with Gasteiger partial charge in [0.05, 0.1) is 12.6 Å². The van der Waals surface area contributed by atoms with E-state index in [1.807, 2.05) is 0 Å². The highest BCUT2D eigenvalue weighted by molar-refractivity contribution is 14.0. The third-order valence-corrected chi connectivity index (χ3v) is 4.51. The van der Waals surface area contributed by atoms with Gasteiger partial charge in [0.25, 0.3) is 0 Å². The SMILES string of the molecule is CCNC(=NCc1ccc(C)cc1OC(C)C)NCC1CCCN1C.I. The molecule has 1 unspecified atom stereocenters. The summed E-state index contributed by atoms with van der Waals surface area (Å²) < 4.78 is 5.96. The first kappa shape index (κ1) is 23.0. The van der Waals surface area contributed by atoms with E-state index in [0.717, 1.165) is 30.4 Å². The minimum Gasteiger partial charge on any atom is -0.491 e. The van der Waals surface area contributed by atoms with Gasteiger partial charge in [-0.15, -0.1) is 24.0 Å². The lowest BCUT2D eigenvalue weighted by Crippen LogP contribution is -2.44. The number of ether oxygens (including phenoxy) is 1. The molecule has 2 rings (SSSR count). The Balaban J connectivity index is 0.00000338. The van der Waals surface area contributed by atoms with E-state index in [-0.39, 0.29) is 30.1 Å². The molecule has 1 aromatic rings. The Morgan fingerprint density at radius 2 is 2.12 bits per heavy atom. The molecule has 1 aromatic carbocycles. The molecule has 5 nitrogen and oxygen atoms in total. The average molecular weight is 474 g/mol. The number of likely N-dealkylation sites (tertiary alicyclic amines) is 1. The molecule has 1 fully saturated rings. The summed E-state index contributed by atoms with van der Waals surface area (Å²) >= 11 is 0. The zero-order valence-corrected chi connectivity index (χ0v) is 19.2. The van der Waals surface area contributed by atoms with Gasteiger partial charge in [-0.1, -0.05) is 12.1 Å². The number of hydrogen-bond acceptors (Lipinski definition) is 3. The summed E-state index contributed by atoms with van der Waals surface area (Å²) in [6.45, 7) is 11.9. The summed E-state index contributed by atoms with van der Waals surface area (Å²) in [6, 6.07) is 6.93. The predicted octanol–water partition coefficient (Wildman–Crippen LogP) is 3.55. The van der Waals surface area contributed by atoms with Gasteiger partial charge in [-0.2, -0.15) is 0 Å². The van der Waals surface area contributed by atoms with Gasteiger partial charge < -0.3 is 20.3 Å². The topological polar surface area (TPSA) is 48.9 Å². The first-order valence-electron chi connectivity index (χ1n) is 9.48. The number of aliphatic imine (C=N–C) groups is 1. The second-order valence-electron chi connectivity index (χ2n) is 7.13. The highest BCUT2D eigenvalue weighted by Crippen LogP contribution is 2.22. The second kappa shape index (κ2) is 11.6. The number of nitrogens with zero attached hydrogens (tertiary/aromatic N) is 2. The van der Waals surface area contributed by atoms with Crippen molar-refractivity contribution in [1.29, 1.82) is 0 Å². The molecule has 0 amide bonds. The van der Waals surface area contributed by atoms with E-state index in [4.69, 9.17) is 9.73 Å². The van der Waals surface area contributed by atoms with Crippen LogP contribution < -0.4 is 15.4 Å². The molecule has 148 valence electrons. The lowest BCUT2D eigenvalue weighted by Gasteiger charge is -2.21. The van der Waals surface area contributed by atoms with Gasteiger partial charge in [-0.3, -0.25) is 0 Å². The minimum atomic E-state index is 0. The Kier molecular flexibility index (Phi) is 10.3. The Morgan fingerprint density at radius 1 is 1.35 bits per heavy atom. The predicted molar refractivity (Wildman–Crippen MR) is 121 cm³/mol. The summed E-state index contributed by atoms with van der Waals surface area (Å²) in [5.74, 6) is 1.81. The zero-order valence-electron chi connectivity index (χ0n) is 16.8. The lowest BCUT2D eigenvalue weighted by molar-refractivity contribution is 0.240. The van der Waals surface area contributed by atoms with Crippen LogP contribution in [0.25, 0.3) is 0 Å². The van der Waals surface area contributed by atoms with Crippen molar-refractivity contribution in [3.05, 3.63) is 29.3 Å². The number of hydrogen-bond donors (Lipinski definition) is 2. The summed E-state index contributed by atoms with van der Waals surface area (Å²) in [5, 5.41) is 6.83. The van der Waals surface area contributed by atoms with Crippen molar-refractivity contribution in [3.63, 3.8) is 0 Å². The molecular weight excluding hydrogens is 439 g/mol. The fourth-order valence-corrected chi connectivity index (χ4v) is 3.11. The van der Waals surface area contributed by atoms with Crippen molar-refractivity contribution in [2.45, 2.75) is 59.2 Å². The maximum absolute atomic E-state index is 5.96. The maximum atomic E-state index is 5.96. The molecular formula is C20H35IN4O. The van der Waals surface area contributed by atoms with Gasteiger partial charge >= 0.3 is 0 Å². The van der Waals surface area contributed by atoms with Gasteiger partial charge in [-0.25, -0.2) is 4.99 Å². The minimum absolute atomic E-state index is 0. The first-order valence-corrected chi connectivity index (χ1v) is 9.48. The van der Waals surface area contributed by atoms with Crippen LogP contribution in [0.15, 0.2) is 23.2 Å². The molecule has 1 atom stereocenters. The number of halogens is 1. The summed E-state index contributed by atoms with van der Waals surface area (Å²) in [5.41, 5.74) is 2.33. The van der Waals surface area contributed by atoms with Crippen LogP contribution in [0, 0.1) is 6.92 Å². The van der Waals surface area contributed by atoms with E-state index in [9.17, 15) is 0 Å². The van der Waals surface area contributed by atoms with Gasteiger partial charge in [0.1, 0.15) is 5.75 Å². The largest absolute Gasteiger partial charge is 0.491 e. The fourth-order valence-electron chi connectivity index (χ4n) is 3.11. The third-order valence-electron chi connectivity index (χ3n) is 4.51. The molecule has 26 heavy (non-hydrogen) atoms. The van der Waals surface area contributed by atoms with Crippen LogP contribution in [-0.2, 0) is 6.54 Å². The van der Waals surface area contributed by atoms with Gasteiger partial charge in [0.2, 0.25) is 0 Å². The standard InChI is InChI=1S/C20H34N4O.HI/c1-6-21-20(23-14-18-8-7-11-24(18)5)22-13-17-10-9-16(4)12-19(17)25-15(2)3;/h9-10,12,15,18H,6-8,11,13-14H2,1-5H3,(H2,21,22,23);1H. The number of aryl methyl sites for hydroxylation is 1. The van der Waals surface area contributed by atoms with E-state index < -0.39 is 0 Å². The number of guanidine groups is 1. The summed E-state index contributed by atoms with van der Waals surface area (Å²) in [7, 11) is 2.20. The van der Waals surface area contributed by atoms with Crippen LogP contribution >= 0.6 is 24.0 Å². The lowest BCUT2D eigenvalue weighted by atomic mass is 10.1. The van der Waals surface area contributed by atoms with Crippen molar-refractivity contribution in [2.24, 2.45) is 4.99 Å². The number of likely N-dealkylation sites (N-methyl/N-ethyl adjacent to an activating group) is 1. The monoisotopic (exact) mass is 474 g/mol. The normalized spacial score (nSPS) is 17.9. The van der Waals surface area contributed by atoms with E-state index >= 15 is 0 Å². The first-order chi connectivity index (χ1) is 12.0. The average Bonchev–Trinajstić information content (AvgIpc) is 2.96. The highest BCUT2D eigenvalue weighted by Gasteiger charge is 2.20. The van der Waals surface area contributed by atoms with E-state index in [0.29, 0.717) is 12.6 Å². The third kappa shape index (κ3) is 7.31. The van der Waals surface area contributed by atoms with Gasteiger partial charge in [-0.05, 0) is 65.8 Å². The number of nitrogens with one attached hydrogen (secondary N) is 2. The molecule has 1 aliphatic rings. The Hall–Kier alpha value is -1.02. The van der Waals surface area contributed by atoms with Crippen LogP contribution in [0.2, 0.25) is 0 Å². The van der Waals surface area contributed by atoms with Crippen LogP contribution in [0.1, 0.15) is 44.7 Å². The molecule has 1 aliphatic heterocycles. The molecule has 2 N–H and O–H groups in total. The molecule has 6 heteroatoms. The number of rotatable bonds is 7. The quantitative estimate of drug-likeness (QED) is 0.361. The van der Waals surface area contributed by atoms with E-state index in [1.54, 1.807) is 0 Å². The zero-order chi connectivity index (χ0) is 18.2. The Labute approximate surface area is 176 Å². The van der Waals surface area contributed by atoms with Crippen LogP contribution in [0.3, 0.4) is 0 Å². The molecule has 0 aromatic heterocycles. The molecule has 0 saturated carbocycles. The van der Waals surface area contributed by atoms with E-state index in [1.165, 1.54) is 24.9 Å².